The molecule has 0 aliphatic carbocycles. The molecule has 1 fully saturated rings. The molecule has 1 heterocycles. The van der Waals surface area contributed by atoms with E-state index < -0.39 is 6.10 Å². The van der Waals surface area contributed by atoms with Crippen molar-refractivity contribution in [3.05, 3.63) is 0 Å². The highest BCUT2D eigenvalue weighted by molar-refractivity contribution is 5.82. The second-order valence-corrected chi connectivity index (χ2v) is 4.79. The topological polar surface area (TPSA) is 76.1 Å². The number of carbonyl (C=O) groups excluding carboxylic acids is 2. The molecule has 2 atom stereocenters. The van der Waals surface area contributed by atoms with Crippen molar-refractivity contribution in [1.29, 1.82) is 0 Å². The van der Waals surface area contributed by atoms with Crippen molar-refractivity contribution in [2.24, 2.45) is 5.92 Å². The second kappa shape index (κ2) is 8.12. The van der Waals surface area contributed by atoms with Gasteiger partial charge in [-0.25, -0.2) is 0 Å². The van der Waals surface area contributed by atoms with Crippen molar-refractivity contribution in [2.75, 3.05) is 33.4 Å². The van der Waals surface area contributed by atoms with Crippen LogP contribution in [0.25, 0.3) is 0 Å². The maximum absolute atomic E-state index is 12.3. The van der Waals surface area contributed by atoms with Crippen LogP contribution in [-0.4, -0.2) is 61.4 Å². The van der Waals surface area contributed by atoms with Crippen molar-refractivity contribution >= 4 is 11.9 Å². The number of methoxy groups -OCH3 is 1. The van der Waals surface area contributed by atoms with Gasteiger partial charge in [-0.2, -0.15) is 0 Å². The summed E-state index contributed by atoms with van der Waals surface area (Å²) in [6.45, 7) is 3.07. The van der Waals surface area contributed by atoms with Gasteiger partial charge in [0.2, 0.25) is 0 Å². The average Bonchev–Trinajstić information content (AvgIpc) is 2.95. The van der Waals surface area contributed by atoms with Crippen LogP contribution in [0.1, 0.15) is 26.2 Å². The molecule has 6 nitrogen and oxygen atoms in total. The molecule has 1 amide bonds. The van der Waals surface area contributed by atoms with Crippen LogP contribution in [0.5, 0.6) is 0 Å². The zero-order chi connectivity index (χ0) is 14.3. The molecule has 0 aromatic carbocycles. The number of nitrogens with zero attached hydrogens (tertiary/aromatic N) is 1. The minimum Gasteiger partial charge on any atom is -0.469 e. The van der Waals surface area contributed by atoms with E-state index in [-0.39, 0.29) is 24.4 Å². The molecule has 0 bridgehead atoms. The fraction of sp³-hybridized carbons (Fsp3) is 0.846. The zero-order valence-electron chi connectivity index (χ0n) is 11.6. The molecule has 1 rings (SSSR count). The van der Waals surface area contributed by atoms with Gasteiger partial charge in [0, 0.05) is 26.3 Å². The molecule has 110 valence electrons. The molecular weight excluding hydrogens is 250 g/mol. The van der Waals surface area contributed by atoms with Crippen molar-refractivity contribution in [3.8, 4) is 0 Å². The van der Waals surface area contributed by atoms with Crippen LogP contribution in [0, 0.1) is 5.92 Å². The largest absolute Gasteiger partial charge is 0.469 e. The molecule has 0 spiro atoms. The van der Waals surface area contributed by atoms with Crippen molar-refractivity contribution in [1.82, 2.24) is 4.90 Å². The van der Waals surface area contributed by atoms with Gasteiger partial charge >= 0.3 is 5.97 Å². The Bertz CT molecular complexity index is 301. The van der Waals surface area contributed by atoms with Gasteiger partial charge in [0.1, 0.15) is 6.10 Å². The highest BCUT2D eigenvalue weighted by Crippen LogP contribution is 2.16. The molecule has 6 heteroatoms. The molecule has 0 radical (unpaired) electrons. The van der Waals surface area contributed by atoms with Gasteiger partial charge in [-0.1, -0.05) is 6.92 Å². The Labute approximate surface area is 113 Å². The number of amides is 1. The normalized spacial score (nSPS) is 20.1. The van der Waals surface area contributed by atoms with Crippen LogP contribution in [-0.2, 0) is 19.1 Å². The monoisotopic (exact) mass is 273 g/mol. The van der Waals surface area contributed by atoms with E-state index in [1.165, 1.54) is 7.11 Å². The van der Waals surface area contributed by atoms with Gasteiger partial charge in [-0.05, 0) is 19.3 Å². The van der Waals surface area contributed by atoms with E-state index in [0.29, 0.717) is 26.1 Å². The van der Waals surface area contributed by atoms with Crippen molar-refractivity contribution < 1.29 is 24.2 Å². The quantitative estimate of drug-likeness (QED) is 0.670. The lowest BCUT2D eigenvalue weighted by Crippen LogP contribution is -2.43. The predicted octanol–water partition coefficient (Wildman–Crippen LogP) is 0.185. The fourth-order valence-electron chi connectivity index (χ4n) is 2.14. The number of aliphatic hydroxyl groups is 1. The first-order valence-corrected chi connectivity index (χ1v) is 6.69. The molecule has 1 saturated heterocycles. The van der Waals surface area contributed by atoms with Gasteiger partial charge in [-0.15, -0.1) is 0 Å². The molecule has 2 unspecified atom stereocenters. The highest BCUT2D eigenvalue weighted by atomic mass is 16.5. The van der Waals surface area contributed by atoms with E-state index in [2.05, 4.69) is 4.74 Å². The molecule has 1 aliphatic rings. The lowest BCUT2D eigenvalue weighted by Gasteiger charge is -2.27. The van der Waals surface area contributed by atoms with E-state index in [0.717, 1.165) is 12.8 Å². The zero-order valence-corrected chi connectivity index (χ0v) is 11.6. The fourth-order valence-corrected chi connectivity index (χ4v) is 2.14. The summed E-state index contributed by atoms with van der Waals surface area (Å²) in [7, 11) is 1.33. The number of ether oxygens (including phenoxy) is 2. The second-order valence-electron chi connectivity index (χ2n) is 4.79. The van der Waals surface area contributed by atoms with E-state index in [1.54, 1.807) is 11.8 Å². The Morgan fingerprint density at radius 3 is 2.79 bits per heavy atom. The summed E-state index contributed by atoms with van der Waals surface area (Å²) in [6, 6.07) is 0. The Morgan fingerprint density at radius 1 is 1.53 bits per heavy atom. The van der Waals surface area contributed by atoms with Crippen LogP contribution in [0.4, 0.5) is 0 Å². The number of aliphatic hydroxyl groups excluding tert-OH is 1. The summed E-state index contributed by atoms with van der Waals surface area (Å²) in [5.41, 5.74) is 0. The van der Waals surface area contributed by atoms with E-state index in [4.69, 9.17) is 9.84 Å². The SMILES string of the molecule is COC(=O)C(C)CN(CCCO)C(=O)C1CCCO1. The molecule has 0 aromatic rings. The number of hydrogen-bond acceptors (Lipinski definition) is 5. The number of carbonyl (C=O) groups is 2. The minimum atomic E-state index is -0.400. The Balaban J connectivity index is 2.59. The third-order valence-corrected chi connectivity index (χ3v) is 3.20. The maximum atomic E-state index is 12.3. The molecular formula is C13H23NO5. The van der Waals surface area contributed by atoms with Crippen LogP contribution >= 0.6 is 0 Å². The third kappa shape index (κ3) is 4.80. The third-order valence-electron chi connectivity index (χ3n) is 3.20. The van der Waals surface area contributed by atoms with Crippen molar-refractivity contribution in [2.45, 2.75) is 32.3 Å². The van der Waals surface area contributed by atoms with E-state index >= 15 is 0 Å². The summed E-state index contributed by atoms with van der Waals surface area (Å²) in [4.78, 5) is 25.3. The van der Waals surface area contributed by atoms with Crippen LogP contribution in [0.3, 0.4) is 0 Å². The predicted molar refractivity (Wildman–Crippen MR) is 68.4 cm³/mol. The Morgan fingerprint density at radius 2 is 2.26 bits per heavy atom. The van der Waals surface area contributed by atoms with Crippen LogP contribution in [0.2, 0.25) is 0 Å². The first kappa shape index (κ1) is 15.9. The van der Waals surface area contributed by atoms with Gasteiger partial charge < -0.3 is 19.5 Å². The van der Waals surface area contributed by atoms with Gasteiger partial charge in [0.25, 0.3) is 5.91 Å². The van der Waals surface area contributed by atoms with E-state index in [1.807, 2.05) is 0 Å². The van der Waals surface area contributed by atoms with E-state index in [9.17, 15) is 9.59 Å². The lowest BCUT2D eigenvalue weighted by molar-refractivity contribution is -0.148. The number of esters is 1. The van der Waals surface area contributed by atoms with Gasteiger partial charge in [-0.3, -0.25) is 9.59 Å². The summed E-state index contributed by atoms with van der Waals surface area (Å²) in [6.07, 6.45) is 1.70. The Kier molecular flexibility index (Phi) is 6.80. The standard InChI is InChI=1S/C13H23NO5/c1-10(13(17)18-2)9-14(6-4-7-15)12(16)11-5-3-8-19-11/h10-11,15H,3-9H2,1-2H3. The van der Waals surface area contributed by atoms with Gasteiger partial charge in [0.15, 0.2) is 0 Å². The lowest BCUT2D eigenvalue weighted by atomic mass is 10.1. The first-order valence-electron chi connectivity index (χ1n) is 6.69. The number of hydrogen-bond donors (Lipinski definition) is 1. The molecule has 1 N–H and O–H groups in total. The van der Waals surface area contributed by atoms with Gasteiger partial charge in [0.05, 0.1) is 13.0 Å². The summed E-state index contributed by atoms with van der Waals surface area (Å²) in [5, 5.41) is 8.89. The van der Waals surface area contributed by atoms with Crippen LogP contribution in [0.15, 0.2) is 0 Å². The highest BCUT2D eigenvalue weighted by Gasteiger charge is 2.30. The minimum absolute atomic E-state index is 0.0158. The number of rotatable bonds is 7. The average molecular weight is 273 g/mol. The molecule has 0 aromatic heterocycles. The molecule has 19 heavy (non-hydrogen) atoms. The smallest absolute Gasteiger partial charge is 0.310 e. The summed E-state index contributed by atoms with van der Waals surface area (Å²) in [5.74, 6) is -0.815. The van der Waals surface area contributed by atoms with Crippen LogP contribution < -0.4 is 0 Å². The summed E-state index contributed by atoms with van der Waals surface area (Å²) >= 11 is 0. The van der Waals surface area contributed by atoms with Crippen molar-refractivity contribution in [3.63, 3.8) is 0 Å². The maximum Gasteiger partial charge on any atom is 0.310 e. The first-order chi connectivity index (χ1) is 9.10. The Hall–Kier alpha value is -1.14. The molecule has 0 saturated carbocycles. The molecule has 1 aliphatic heterocycles. The summed E-state index contributed by atoms with van der Waals surface area (Å²) < 4.78 is 10.0.